The number of carbonyl (C=O) groups excluding carboxylic acids is 1. The Labute approximate surface area is 143 Å². The number of pyridine rings is 1. The van der Waals surface area contributed by atoms with E-state index in [4.69, 9.17) is 4.74 Å². The number of nitrogens with one attached hydrogen (secondary N) is 2. The molecule has 0 saturated carbocycles. The second kappa shape index (κ2) is 7.81. The van der Waals surface area contributed by atoms with Gasteiger partial charge in [0.25, 0.3) is 0 Å². The van der Waals surface area contributed by atoms with Crippen molar-refractivity contribution in [2.24, 2.45) is 0 Å². The minimum atomic E-state index is -0.486. The maximum absolute atomic E-state index is 11.7. The number of alkyl carbamates (subject to hydrolysis) is 1. The Morgan fingerprint density at radius 1 is 1.21 bits per heavy atom. The molecule has 2 rings (SSSR count). The Morgan fingerprint density at radius 3 is 2.67 bits per heavy atom. The van der Waals surface area contributed by atoms with Crippen LogP contribution >= 0.6 is 0 Å². The van der Waals surface area contributed by atoms with Gasteiger partial charge in [0.2, 0.25) is 0 Å². The Morgan fingerprint density at radius 2 is 1.96 bits per heavy atom. The lowest BCUT2D eigenvalue weighted by molar-refractivity contribution is 0.0528. The number of carbonyl (C=O) groups is 1. The van der Waals surface area contributed by atoms with Crippen LogP contribution in [-0.2, 0) is 11.2 Å². The summed E-state index contributed by atoms with van der Waals surface area (Å²) >= 11 is 0. The first kappa shape index (κ1) is 17.8. The molecule has 0 unspecified atom stereocenters. The highest BCUT2D eigenvalue weighted by Crippen LogP contribution is 2.20. The normalized spacial score (nSPS) is 11.0. The molecule has 0 aliphatic rings. The van der Waals surface area contributed by atoms with Crippen LogP contribution in [0.5, 0.6) is 0 Å². The first-order valence-corrected chi connectivity index (χ1v) is 8.08. The Hall–Kier alpha value is -2.56. The lowest BCUT2D eigenvalue weighted by atomic mass is 10.1. The van der Waals surface area contributed by atoms with Crippen LogP contribution in [0.25, 0.3) is 0 Å². The van der Waals surface area contributed by atoms with Gasteiger partial charge in [-0.1, -0.05) is 18.2 Å². The van der Waals surface area contributed by atoms with Crippen molar-refractivity contribution in [2.75, 3.05) is 11.9 Å². The first-order chi connectivity index (χ1) is 11.3. The van der Waals surface area contributed by atoms with E-state index >= 15 is 0 Å². The molecular weight excluding hydrogens is 302 g/mol. The topological polar surface area (TPSA) is 63.2 Å². The molecule has 0 aliphatic heterocycles. The van der Waals surface area contributed by atoms with E-state index in [1.54, 1.807) is 6.20 Å². The van der Waals surface area contributed by atoms with Crippen molar-refractivity contribution in [1.29, 1.82) is 0 Å². The summed E-state index contributed by atoms with van der Waals surface area (Å²) in [7, 11) is 0. The SMILES string of the molecule is Cc1ccnc(Nc2ccccc2CCNC(=O)OC(C)(C)C)c1. The molecule has 0 atom stereocenters. The summed E-state index contributed by atoms with van der Waals surface area (Å²) in [6.45, 7) is 8.08. The van der Waals surface area contributed by atoms with Gasteiger partial charge < -0.3 is 15.4 Å². The number of hydrogen-bond donors (Lipinski definition) is 2. The van der Waals surface area contributed by atoms with E-state index < -0.39 is 11.7 Å². The zero-order valence-corrected chi connectivity index (χ0v) is 14.7. The summed E-state index contributed by atoms with van der Waals surface area (Å²) in [5.41, 5.74) is 2.76. The number of para-hydroxylation sites is 1. The monoisotopic (exact) mass is 327 g/mol. The fourth-order valence-electron chi connectivity index (χ4n) is 2.22. The number of hydrogen-bond acceptors (Lipinski definition) is 4. The molecule has 1 aromatic carbocycles. The van der Waals surface area contributed by atoms with Gasteiger partial charge in [-0.05, 0) is 63.4 Å². The number of anilines is 2. The van der Waals surface area contributed by atoms with Crippen molar-refractivity contribution in [3.63, 3.8) is 0 Å². The third-order valence-corrected chi connectivity index (χ3v) is 3.26. The molecule has 0 fully saturated rings. The third kappa shape index (κ3) is 5.91. The van der Waals surface area contributed by atoms with Gasteiger partial charge in [0.15, 0.2) is 0 Å². The highest BCUT2D eigenvalue weighted by atomic mass is 16.6. The average Bonchev–Trinajstić information content (AvgIpc) is 2.47. The van der Waals surface area contributed by atoms with Crippen LogP contribution in [0.1, 0.15) is 31.9 Å². The van der Waals surface area contributed by atoms with Gasteiger partial charge >= 0.3 is 6.09 Å². The molecule has 1 amide bonds. The van der Waals surface area contributed by atoms with Crippen LogP contribution in [0.15, 0.2) is 42.6 Å². The second-order valence-corrected chi connectivity index (χ2v) is 6.68. The molecule has 24 heavy (non-hydrogen) atoms. The highest BCUT2D eigenvalue weighted by Gasteiger charge is 2.15. The summed E-state index contributed by atoms with van der Waals surface area (Å²) in [5, 5.41) is 6.12. The van der Waals surface area contributed by atoms with E-state index in [1.165, 1.54) is 0 Å². The zero-order chi connectivity index (χ0) is 17.6. The lowest BCUT2D eigenvalue weighted by Gasteiger charge is -2.19. The van der Waals surface area contributed by atoms with Crippen LogP contribution in [0.2, 0.25) is 0 Å². The van der Waals surface area contributed by atoms with E-state index in [-0.39, 0.29) is 0 Å². The van der Waals surface area contributed by atoms with E-state index in [2.05, 4.69) is 15.6 Å². The van der Waals surface area contributed by atoms with Crippen LogP contribution in [0.3, 0.4) is 0 Å². The summed E-state index contributed by atoms with van der Waals surface area (Å²) in [4.78, 5) is 16.0. The van der Waals surface area contributed by atoms with E-state index in [1.807, 2.05) is 64.1 Å². The van der Waals surface area contributed by atoms with E-state index in [9.17, 15) is 4.79 Å². The average molecular weight is 327 g/mol. The molecule has 2 aromatic rings. The Balaban J connectivity index is 1.95. The fraction of sp³-hybridized carbons (Fsp3) is 0.368. The van der Waals surface area contributed by atoms with Gasteiger partial charge in [-0.25, -0.2) is 9.78 Å². The molecular formula is C19H25N3O2. The molecule has 0 spiro atoms. The second-order valence-electron chi connectivity index (χ2n) is 6.68. The molecule has 128 valence electrons. The summed E-state index contributed by atoms with van der Waals surface area (Å²) in [6, 6.07) is 12.0. The molecule has 5 heteroatoms. The molecule has 0 aliphatic carbocycles. The largest absolute Gasteiger partial charge is 0.444 e. The minimum Gasteiger partial charge on any atom is -0.444 e. The van der Waals surface area contributed by atoms with Crippen molar-refractivity contribution in [3.8, 4) is 0 Å². The molecule has 0 radical (unpaired) electrons. The molecule has 2 N–H and O–H groups in total. The van der Waals surface area contributed by atoms with Gasteiger partial charge in [-0.3, -0.25) is 0 Å². The van der Waals surface area contributed by atoms with Gasteiger partial charge in [0, 0.05) is 18.4 Å². The van der Waals surface area contributed by atoms with Crippen molar-refractivity contribution < 1.29 is 9.53 Å². The van der Waals surface area contributed by atoms with Crippen LogP contribution in [0.4, 0.5) is 16.3 Å². The van der Waals surface area contributed by atoms with Crippen LogP contribution < -0.4 is 10.6 Å². The number of nitrogens with zero attached hydrogens (tertiary/aromatic N) is 1. The van der Waals surface area contributed by atoms with E-state index in [0.29, 0.717) is 13.0 Å². The first-order valence-electron chi connectivity index (χ1n) is 8.08. The highest BCUT2D eigenvalue weighted by molar-refractivity contribution is 5.68. The van der Waals surface area contributed by atoms with Crippen molar-refractivity contribution in [1.82, 2.24) is 10.3 Å². The standard InChI is InChI=1S/C19H25N3O2/c1-14-9-11-20-17(13-14)22-16-8-6-5-7-15(16)10-12-21-18(23)24-19(2,3)4/h5-9,11,13H,10,12H2,1-4H3,(H,20,22)(H,21,23). The minimum absolute atomic E-state index is 0.395. The number of benzene rings is 1. The van der Waals surface area contributed by atoms with Crippen molar-refractivity contribution >= 4 is 17.6 Å². The fourth-order valence-corrected chi connectivity index (χ4v) is 2.22. The predicted molar refractivity (Wildman–Crippen MR) is 96.6 cm³/mol. The van der Waals surface area contributed by atoms with Crippen LogP contribution in [-0.4, -0.2) is 23.2 Å². The summed E-state index contributed by atoms with van der Waals surface area (Å²) in [6.07, 6.45) is 2.09. The zero-order valence-electron chi connectivity index (χ0n) is 14.7. The maximum atomic E-state index is 11.7. The van der Waals surface area contributed by atoms with Crippen LogP contribution in [0, 0.1) is 6.92 Å². The van der Waals surface area contributed by atoms with Crippen molar-refractivity contribution in [2.45, 2.75) is 39.7 Å². The molecule has 0 saturated heterocycles. The number of ether oxygens (including phenoxy) is 1. The maximum Gasteiger partial charge on any atom is 0.407 e. The molecule has 1 aromatic heterocycles. The molecule has 0 bridgehead atoms. The van der Waals surface area contributed by atoms with Gasteiger partial charge in [-0.15, -0.1) is 0 Å². The van der Waals surface area contributed by atoms with Crippen molar-refractivity contribution in [3.05, 3.63) is 53.7 Å². The Bertz CT molecular complexity index is 693. The number of amides is 1. The quantitative estimate of drug-likeness (QED) is 0.864. The van der Waals surface area contributed by atoms with Gasteiger partial charge in [0.05, 0.1) is 0 Å². The third-order valence-electron chi connectivity index (χ3n) is 3.26. The molecule has 5 nitrogen and oxygen atoms in total. The Kier molecular flexibility index (Phi) is 5.79. The van der Waals surface area contributed by atoms with E-state index in [0.717, 1.165) is 22.6 Å². The number of rotatable bonds is 5. The molecule has 1 heterocycles. The summed E-state index contributed by atoms with van der Waals surface area (Å²) < 4.78 is 5.24. The summed E-state index contributed by atoms with van der Waals surface area (Å²) in [5.74, 6) is 0.808. The lowest BCUT2D eigenvalue weighted by Crippen LogP contribution is -2.33. The van der Waals surface area contributed by atoms with Gasteiger partial charge in [-0.2, -0.15) is 0 Å². The number of aromatic nitrogens is 1. The predicted octanol–water partition coefficient (Wildman–Crippen LogP) is 4.20. The van der Waals surface area contributed by atoms with Gasteiger partial charge in [0.1, 0.15) is 11.4 Å². The smallest absolute Gasteiger partial charge is 0.407 e. The number of aryl methyl sites for hydroxylation is 1.